The number of carbonyl (C=O) groups excluding carboxylic acids is 1. The van der Waals surface area contributed by atoms with Crippen LogP contribution in [0.15, 0.2) is 72.8 Å². The Morgan fingerprint density at radius 1 is 0.931 bits per heavy atom. The van der Waals surface area contributed by atoms with E-state index in [-0.39, 0.29) is 18.1 Å². The molecule has 0 bridgehead atoms. The van der Waals surface area contributed by atoms with Crippen molar-refractivity contribution in [1.82, 2.24) is 4.98 Å². The molecule has 0 saturated heterocycles. The molecule has 1 amide bonds. The van der Waals surface area contributed by atoms with E-state index in [4.69, 9.17) is 0 Å². The van der Waals surface area contributed by atoms with Gasteiger partial charge in [-0.1, -0.05) is 48.5 Å². The van der Waals surface area contributed by atoms with Crippen molar-refractivity contribution in [3.05, 3.63) is 83.9 Å². The van der Waals surface area contributed by atoms with Gasteiger partial charge in [0.05, 0.1) is 11.9 Å². The summed E-state index contributed by atoms with van der Waals surface area (Å²) in [6, 6.07) is 23.6. The van der Waals surface area contributed by atoms with Crippen LogP contribution in [0.3, 0.4) is 0 Å². The Balaban J connectivity index is 1.53. The topological polar surface area (TPSA) is 65.1 Å². The zero-order chi connectivity index (χ0) is 20.0. The molecular formula is C25H20N2O2. The first-order valence-corrected chi connectivity index (χ1v) is 9.60. The molecule has 0 atom stereocenters. The second-order valence-corrected chi connectivity index (χ2v) is 7.40. The summed E-state index contributed by atoms with van der Waals surface area (Å²) in [4.78, 5) is 16.0. The van der Waals surface area contributed by atoms with Crippen LogP contribution >= 0.6 is 0 Å². The van der Waals surface area contributed by atoms with E-state index in [0.29, 0.717) is 5.56 Å². The van der Waals surface area contributed by atoms with Gasteiger partial charge in [0.1, 0.15) is 5.75 Å². The van der Waals surface area contributed by atoms with E-state index < -0.39 is 0 Å². The highest BCUT2D eigenvalue weighted by Gasteiger charge is 2.13. The maximum Gasteiger partial charge on any atom is 0.228 e. The van der Waals surface area contributed by atoms with E-state index in [9.17, 15) is 9.90 Å². The summed E-state index contributed by atoms with van der Waals surface area (Å²) in [5, 5.41) is 17.8. The summed E-state index contributed by atoms with van der Waals surface area (Å²) in [5.41, 5.74) is 4.47. The molecule has 3 N–H and O–H groups in total. The van der Waals surface area contributed by atoms with E-state index in [0.717, 1.165) is 43.8 Å². The fourth-order valence-corrected chi connectivity index (χ4v) is 3.95. The molecule has 29 heavy (non-hydrogen) atoms. The van der Waals surface area contributed by atoms with E-state index in [1.165, 1.54) is 0 Å². The molecule has 142 valence electrons. The number of carbonyl (C=O) groups is 1. The molecule has 0 aliphatic rings. The van der Waals surface area contributed by atoms with Gasteiger partial charge in [0.15, 0.2) is 0 Å². The molecule has 0 aliphatic carbocycles. The van der Waals surface area contributed by atoms with Crippen LogP contribution in [0.1, 0.15) is 11.1 Å². The van der Waals surface area contributed by atoms with Crippen molar-refractivity contribution in [2.75, 3.05) is 5.32 Å². The lowest BCUT2D eigenvalue weighted by molar-refractivity contribution is -0.115. The summed E-state index contributed by atoms with van der Waals surface area (Å²) < 4.78 is 0. The third-order valence-electron chi connectivity index (χ3n) is 5.47. The Morgan fingerprint density at radius 3 is 2.59 bits per heavy atom. The summed E-state index contributed by atoms with van der Waals surface area (Å²) in [6.45, 7) is 1.95. The van der Waals surface area contributed by atoms with Crippen LogP contribution in [-0.2, 0) is 11.2 Å². The number of fused-ring (bicyclic) bond motifs is 5. The van der Waals surface area contributed by atoms with Gasteiger partial charge in [-0.2, -0.15) is 0 Å². The van der Waals surface area contributed by atoms with Gasteiger partial charge in [0.25, 0.3) is 0 Å². The minimum atomic E-state index is -0.152. The van der Waals surface area contributed by atoms with E-state index in [1.807, 2.05) is 61.5 Å². The minimum Gasteiger partial charge on any atom is -0.508 e. The average Bonchev–Trinajstić information content (AvgIpc) is 3.10. The lowest BCUT2D eigenvalue weighted by atomic mass is 10.0. The largest absolute Gasteiger partial charge is 0.508 e. The van der Waals surface area contributed by atoms with Crippen LogP contribution in [0.2, 0.25) is 0 Å². The van der Waals surface area contributed by atoms with E-state index >= 15 is 0 Å². The van der Waals surface area contributed by atoms with Crippen LogP contribution in [0.25, 0.3) is 32.6 Å². The van der Waals surface area contributed by atoms with Gasteiger partial charge in [-0.3, -0.25) is 4.79 Å². The van der Waals surface area contributed by atoms with Crippen molar-refractivity contribution in [2.24, 2.45) is 0 Å². The molecule has 4 nitrogen and oxygen atoms in total. The number of benzene rings is 4. The van der Waals surface area contributed by atoms with Gasteiger partial charge < -0.3 is 15.4 Å². The smallest absolute Gasteiger partial charge is 0.228 e. The number of rotatable bonds is 3. The number of aryl methyl sites for hydroxylation is 1. The van der Waals surface area contributed by atoms with Gasteiger partial charge in [-0.15, -0.1) is 0 Å². The normalized spacial score (nSPS) is 11.3. The third kappa shape index (κ3) is 2.99. The molecule has 0 radical (unpaired) electrons. The predicted molar refractivity (Wildman–Crippen MR) is 118 cm³/mol. The molecule has 0 spiro atoms. The highest BCUT2D eigenvalue weighted by molar-refractivity contribution is 6.17. The molecular weight excluding hydrogens is 360 g/mol. The molecule has 5 rings (SSSR count). The van der Waals surface area contributed by atoms with Gasteiger partial charge in [-0.05, 0) is 42.1 Å². The first kappa shape index (κ1) is 17.3. The standard InChI is InChI=1S/C25H20N2O2/c1-15-6-2-4-8-21(15)26-24(29)13-17-12-16-10-11-19-18-7-3-5-9-22(18)27-25(19)20(16)14-23(17)28/h2-12,14,27-28H,13H2,1H3,(H,26,29). The zero-order valence-corrected chi connectivity index (χ0v) is 16.0. The number of aromatic amines is 1. The number of hydrogen-bond donors (Lipinski definition) is 3. The van der Waals surface area contributed by atoms with Crippen LogP contribution in [-0.4, -0.2) is 16.0 Å². The first-order chi connectivity index (χ1) is 14.1. The monoisotopic (exact) mass is 380 g/mol. The molecule has 0 unspecified atom stereocenters. The molecule has 5 aromatic rings. The Morgan fingerprint density at radius 2 is 1.72 bits per heavy atom. The second kappa shape index (κ2) is 6.67. The minimum absolute atomic E-state index is 0.112. The highest BCUT2D eigenvalue weighted by Crippen LogP contribution is 2.34. The second-order valence-electron chi connectivity index (χ2n) is 7.40. The van der Waals surface area contributed by atoms with Crippen molar-refractivity contribution < 1.29 is 9.90 Å². The number of amides is 1. The molecule has 0 saturated carbocycles. The average molecular weight is 380 g/mol. The quantitative estimate of drug-likeness (QED) is 0.378. The lowest BCUT2D eigenvalue weighted by Crippen LogP contribution is -2.15. The number of nitrogens with one attached hydrogen (secondary N) is 2. The maximum atomic E-state index is 12.5. The molecule has 4 heteroatoms. The summed E-state index contributed by atoms with van der Waals surface area (Å²) >= 11 is 0. The number of H-pyrrole nitrogens is 1. The van der Waals surface area contributed by atoms with Gasteiger partial charge in [-0.25, -0.2) is 0 Å². The van der Waals surface area contributed by atoms with Crippen molar-refractivity contribution >= 4 is 44.2 Å². The van der Waals surface area contributed by atoms with E-state index in [2.05, 4.69) is 22.4 Å². The van der Waals surface area contributed by atoms with Crippen LogP contribution in [0.4, 0.5) is 5.69 Å². The van der Waals surface area contributed by atoms with Crippen molar-refractivity contribution in [3.8, 4) is 5.75 Å². The Bertz CT molecular complexity index is 1400. The number of aromatic nitrogens is 1. The number of aromatic hydroxyl groups is 1. The maximum absolute atomic E-state index is 12.5. The third-order valence-corrected chi connectivity index (χ3v) is 5.47. The van der Waals surface area contributed by atoms with Gasteiger partial charge in [0.2, 0.25) is 5.91 Å². The first-order valence-electron chi connectivity index (χ1n) is 9.60. The number of phenolic OH excluding ortho intramolecular Hbond substituents is 1. The summed E-state index contributed by atoms with van der Waals surface area (Å²) in [6.07, 6.45) is 0.112. The molecule has 1 heterocycles. The predicted octanol–water partition coefficient (Wildman–Crippen LogP) is 5.67. The fourth-order valence-electron chi connectivity index (χ4n) is 3.95. The Kier molecular flexibility index (Phi) is 3.98. The van der Waals surface area contributed by atoms with Gasteiger partial charge in [0, 0.05) is 32.9 Å². The SMILES string of the molecule is Cc1ccccc1NC(=O)Cc1cc2ccc3c4ccccc4[nH]c3c2cc1O. The number of para-hydroxylation sites is 2. The number of phenols is 1. The summed E-state index contributed by atoms with van der Waals surface area (Å²) in [7, 11) is 0. The van der Waals surface area contributed by atoms with Crippen LogP contribution in [0.5, 0.6) is 5.75 Å². The lowest BCUT2D eigenvalue weighted by Gasteiger charge is -2.10. The Hall–Kier alpha value is -3.79. The zero-order valence-electron chi connectivity index (χ0n) is 16.0. The summed E-state index contributed by atoms with van der Waals surface area (Å²) in [5.74, 6) is -0.0239. The van der Waals surface area contributed by atoms with Crippen molar-refractivity contribution in [3.63, 3.8) is 0 Å². The fraction of sp³-hybridized carbons (Fsp3) is 0.0800. The van der Waals surface area contributed by atoms with Crippen LogP contribution < -0.4 is 5.32 Å². The van der Waals surface area contributed by atoms with Crippen LogP contribution in [0, 0.1) is 6.92 Å². The molecule has 0 aliphatic heterocycles. The van der Waals surface area contributed by atoms with Crippen molar-refractivity contribution in [2.45, 2.75) is 13.3 Å². The molecule has 4 aromatic carbocycles. The molecule has 1 aromatic heterocycles. The number of anilines is 1. The highest BCUT2D eigenvalue weighted by atomic mass is 16.3. The molecule has 0 fully saturated rings. The number of hydrogen-bond acceptors (Lipinski definition) is 2. The van der Waals surface area contributed by atoms with Crippen molar-refractivity contribution in [1.29, 1.82) is 0 Å². The van der Waals surface area contributed by atoms with E-state index in [1.54, 1.807) is 6.07 Å². The Labute approximate surface area is 167 Å². The van der Waals surface area contributed by atoms with Gasteiger partial charge >= 0.3 is 0 Å².